The molecule has 0 unspecified atom stereocenters. The van der Waals surface area contributed by atoms with Crippen LogP contribution >= 0.6 is 0 Å². The number of carbonyl (C=O) groups is 1. The molecule has 136 valence electrons. The molecule has 2 aromatic carbocycles. The fraction of sp³-hybridized carbons (Fsp3) is 0.0526. The van der Waals surface area contributed by atoms with Crippen molar-refractivity contribution in [2.24, 2.45) is 0 Å². The summed E-state index contributed by atoms with van der Waals surface area (Å²) in [5.41, 5.74) is 1.66. The summed E-state index contributed by atoms with van der Waals surface area (Å²) in [6, 6.07) is 18.4. The van der Waals surface area contributed by atoms with E-state index in [1.54, 1.807) is 60.9 Å². The van der Waals surface area contributed by atoms with Gasteiger partial charge in [0, 0.05) is 23.6 Å². The van der Waals surface area contributed by atoms with Gasteiger partial charge in [-0.1, -0.05) is 36.4 Å². The topological polar surface area (TPSA) is 91.4 Å². The first-order valence-electron chi connectivity index (χ1n) is 8.23. The number of sulfonamides is 1. The highest BCUT2D eigenvalue weighted by Gasteiger charge is 2.36. The predicted molar refractivity (Wildman–Crippen MR) is 100.0 cm³/mol. The summed E-state index contributed by atoms with van der Waals surface area (Å²) in [4.78, 5) is 19.6. The van der Waals surface area contributed by atoms with Crippen molar-refractivity contribution in [1.82, 2.24) is 14.8 Å². The SMILES string of the molecule is O=C1c2ccccc2N[C@@H](c2cccnc2)N1NS(=O)(=O)c1ccccc1. The van der Waals surface area contributed by atoms with Gasteiger partial charge >= 0.3 is 0 Å². The Kier molecular flexibility index (Phi) is 4.35. The Morgan fingerprint density at radius 1 is 0.963 bits per heavy atom. The van der Waals surface area contributed by atoms with E-state index in [0.29, 0.717) is 16.8 Å². The van der Waals surface area contributed by atoms with Crippen LogP contribution in [0.1, 0.15) is 22.1 Å². The van der Waals surface area contributed by atoms with E-state index >= 15 is 0 Å². The molecule has 2 heterocycles. The lowest BCUT2D eigenvalue weighted by molar-refractivity contribution is 0.0632. The maximum Gasteiger partial charge on any atom is 0.273 e. The van der Waals surface area contributed by atoms with Crippen LogP contribution in [0.2, 0.25) is 0 Å². The summed E-state index contributed by atoms with van der Waals surface area (Å²) in [7, 11) is -3.94. The molecular formula is C19H16N4O3S. The van der Waals surface area contributed by atoms with E-state index in [9.17, 15) is 13.2 Å². The lowest BCUT2D eigenvalue weighted by Gasteiger charge is -2.37. The van der Waals surface area contributed by atoms with Gasteiger partial charge in [0.2, 0.25) is 0 Å². The molecule has 1 amide bonds. The monoisotopic (exact) mass is 380 g/mol. The molecule has 8 heteroatoms. The number of nitrogens with zero attached hydrogens (tertiary/aromatic N) is 2. The summed E-state index contributed by atoms with van der Waals surface area (Å²) >= 11 is 0. The molecule has 0 spiro atoms. The number of aromatic nitrogens is 1. The van der Waals surface area contributed by atoms with E-state index in [0.717, 1.165) is 5.01 Å². The lowest BCUT2D eigenvalue weighted by Crippen LogP contribution is -2.52. The van der Waals surface area contributed by atoms with E-state index < -0.39 is 22.1 Å². The highest BCUT2D eigenvalue weighted by Crippen LogP contribution is 2.32. The number of nitrogens with one attached hydrogen (secondary N) is 2. The van der Waals surface area contributed by atoms with Gasteiger partial charge in [-0.25, -0.2) is 13.4 Å². The number of amides is 1. The number of carbonyl (C=O) groups excluding carboxylic acids is 1. The van der Waals surface area contributed by atoms with Crippen molar-refractivity contribution in [3.05, 3.63) is 90.3 Å². The van der Waals surface area contributed by atoms with Gasteiger partial charge in [0.05, 0.1) is 10.5 Å². The maximum absolute atomic E-state index is 13.0. The molecule has 0 fully saturated rings. The minimum absolute atomic E-state index is 0.0709. The lowest BCUT2D eigenvalue weighted by atomic mass is 10.1. The van der Waals surface area contributed by atoms with Crippen LogP contribution in [0.15, 0.2) is 84.0 Å². The van der Waals surface area contributed by atoms with Crippen LogP contribution in [0.5, 0.6) is 0 Å². The number of benzene rings is 2. The molecule has 1 aliphatic rings. The molecule has 0 saturated carbocycles. The fourth-order valence-corrected chi connectivity index (χ4v) is 3.97. The molecule has 7 nitrogen and oxygen atoms in total. The number of fused-ring (bicyclic) bond motifs is 1. The smallest absolute Gasteiger partial charge is 0.273 e. The third-order valence-electron chi connectivity index (χ3n) is 4.20. The first kappa shape index (κ1) is 17.2. The third-order valence-corrected chi connectivity index (χ3v) is 5.53. The number of hydrogen-bond acceptors (Lipinski definition) is 5. The van der Waals surface area contributed by atoms with E-state index in [4.69, 9.17) is 0 Å². The molecule has 3 aromatic rings. The van der Waals surface area contributed by atoms with Crippen molar-refractivity contribution in [2.75, 3.05) is 5.32 Å². The normalized spacial score (nSPS) is 16.5. The summed E-state index contributed by atoms with van der Waals surface area (Å²) < 4.78 is 25.6. The quantitative estimate of drug-likeness (QED) is 0.726. The van der Waals surface area contributed by atoms with Gasteiger partial charge in [0.15, 0.2) is 0 Å². The average Bonchev–Trinajstić information content (AvgIpc) is 2.71. The Morgan fingerprint density at radius 3 is 2.44 bits per heavy atom. The highest BCUT2D eigenvalue weighted by atomic mass is 32.2. The molecular weight excluding hydrogens is 364 g/mol. The molecule has 0 aliphatic carbocycles. The average molecular weight is 380 g/mol. The summed E-state index contributed by atoms with van der Waals surface area (Å²) in [5, 5.41) is 4.29. The van der Waals surface area contributed by atoms with Crippen molar-refractivity contribution in [1.29, 1.82) is 0 Å². The summed E-state index contributed by atoms with van der Waals surface area (Å²) in [6.45, 7) is 0. The predicted octanol–water partition coefficient (Wildman–Crippen LogP) is 2.54. The number of anilines is 1. The molecule has 0 saturated heterocycles. The van der Waals surface area contributed by atoms with Gasteiger partial charge in [-0.15, -0.1) is 4.83 Å². The number of hydrogen-bond donors (Lipinski definition) is 2. The van der Waals surface area contributed by atoms with Gasteiger partial charge in [-0.3, -0.25) is 9.78 Å². The van der Waals surface area contributed by atoms with Gasteiger partial charge in [0.25, 0.3) is 15.9 Å². The Hall–Kier alpha value is -3.23. The van der Waals surface area contributed by atoms with Crippen LogP contribution < -0.4 is 10.1 Å². The molecule has 1 aromatic heterocycles. The van der Waals surface area contributed by atoms with Crippen molar-refractivity contribution in [3.8, 4) is 0 Å². The van der Waals surface area contributed by atoms with Crippen LogP contribution in [0.4, 0.5) is 5.69 Å². The molecule has 0 bridgehead atoms. The number of hydrazine groups is 1. The van der Waals surface area contributed by atoms with E-state index in [1.165, 1.54) is 12.1 Å². The first-order valence-corrected chi connectivity index (χ1v) is 9.71. The number of para-hydroxylation sites is 1. The van der Waals surface area contributed by atoms with Crippen molar-refractivity contribution >= 4 is 21.6 Å². The van der Waals surface area contributed by atoms with Crippen molar-refractivity contribution < 1.29 is 13.2 Å². The molecule has 2 N–H and O–H groups in total. The Labute approximate surface area is 156 Å². The molecule has 4 rings (SSSR count). The standard InChI is InChI=1S/C19H16N4O3S/c24-19-16-10-4-5-11-17(16)21-18(14-7-6-12-20-13-14)23(19)22-27(25,26)15-8-2-1-3-9-15/h1-13,18,21-22H/t18-/m1/s1. The molecule has 27 heavy (non-hydrogen) atoms. The van der Waals surface area contributed by atoms with E-state index in [2.05, 4.69) is 15.1 Å². The van der Waals surface area contributed by atoms with Crippen LogP contribution in [0.25, 0.3) is 0 Å². The second-order valence-electron chi connectivity index (χ2n) is 5.96. The minimum Gasteiger partial charge on any atom is -0.360 e. The van der Waals surface area contributed by atoms with Gasteiger partial charge in [-0.05, 0) is 30.3 Å². The fourth-order valence-electron chi connectivity index (χ4n) is 2.90. The zero-order valence-electron chi connectivity index (χ0n) is 14.1. The summed E-state index contributed by atoms with van der Waals surface area (Å²) in [6.07, 6.45) is 2.46. The second kappa shape index (κ2) is 6.82. The van der Waals surface area contributed by atoms with Crippen LogP contribution in [0, 0.1) is 0 Å². The molecule has 1 atom stereocenters. The molecule has 1 aliphatic heterocycles. The van der Waals surface area contributed by atoms with Gasteiger partial charge < -0.3 is 5.32 Å². The Morgan fingerprint density at radius 2 is 1.70 bits per heavy atom. The van der Waals surface area contributed by atoms with Crippen LogP contribution in [-0.4, -0.2) is 24.3 Å². The molecule has 0 radical (unpaired) electrons. The zero-order chi connectivity index (χ0) is 18.9. The Balaban J connectivity index is 1.77. The van der Waals surface area contributed by atoms with Gasteiger partial charge in [-0.2, -0.15) is 0 Å². The first-order chi connectivity index (χ1) is 13.1. The zero-order valence-corrected chi connectivity index (χ0v) is 14.9. The number of pyridine rings is 1. The van der Waals surface area contributed by atoms with Crippen molar-refractivity contribution in [3.63, 3.8) is 0 Å². The van der Waals surface area contributed by atoms with E-state index in [-0.39, 0.29) is 4.90 Å². The largest absolute Gasteiger partial charge is 0.360 e. The van der Waals surface area contributed by atoms with Crippen molar-refractivity contribution in [2.45, 2.75) is 11.1 Å². The highest BCUT2D eigenvalue weighted by molar-refractivity contribution is 7.89. The number of rotatable bonds is 4. The van der Waals surface area contributed by atoms with E-state index in [1.807, 2.05) is 6.07 Å². The summed E-state index contributed by atoms with van der Waals surface area (Å²) in [5.74, 6) is -0.447. The van der Waals surface area contributed by atoms with Crippen LogP contribution in [0.3, 0.4) is 0 Å². The minimum atomic E-state index is -3.94. The Bertz CT molecular complexity index is 1070. The van der Waals surface area contributed by atoms with Crippen LogP contribution in [-0.2, 0) is 10.0 Å². The maximum atomic E-state index is 13.0. The second-order valence-corrected chi connectivity index (χ2v) is 7.62. The van der Waals surface area contributed by atoms with Gasteiger partial charge in [0.1, 0.15) is 6.17 Å². The third kappa shape index (κ3) is 3.27.